The molecule has 2 aliphatic rings. The number of fused-ring (bicyclic) bond motifs is 7. The summed E-state index contributed by atoms with van der Waals surface area (Å²) in [7, 11) is 0. The second-order valence-corrected chi connectivity index (χ2v) is 16.9. The van der Waals surface area contributed by atoms with E-state index in [2.05, 4.69) is 230 Å². The van der Waals surface area contributed by atoms with Gasteiger partial charge in [-0.25, -0.2) is 0 Å². The minimum absolute atomic E-state index is 0.244. The maximum absolute atomic E-state index is 2.52. The van der Waals surface area contributed by atoms with E-state index in [9.17, 15) is 0 Å². The summed E-state index contributed by atoms with van der Waals surface area (Å²) >= 11 is 1.93. The van der Waals surface area contributed by atoms with E-state index in [1.807, 2.05) is 11.3 Å². The number of anilines is 3. The number of rotatable bonds is 7. The van der Waals surface area contributed by atoms with Crippen molar-refractivity contribution in [1.82, 2.24) is 0 Å². The molecule has 0 aliphatic heterocycles. The highest BCUT2D eigenvalue weighted by Gasteiger charge is 2.56. The SMILES string of the molecule is CC1(C2(c3ccccc3)c3cc(N(c4ccc(-c5ccccc5)cc4)c4ccc(-c5ccccc5)cc4)ccc3-c3c2ccc2c3sc3ccccc32)C=CC=CC1. The number of benzene rings is 8. The number of hydrogen-bond acceptors (Lipinski definition) is 2. The van der Waals surface area contributed by atoms with Crippen LogP contribution in [0.3, 0.4) is 0 Å². The van der Waals surface area contributed by atoms with E-state index in [4.69, 9.17) is 0 Å². The summed E-state index contributed by atoms with van der Waals surface area (Å²) in [5.74, 6) is 0. The summed E-state index contributed by atoms with van der Waals surface area (Å²) in [6, 6.07) is 71.8. The first-order valence-corrected chi connectivity index (χ1v) is 21.0. The Morgan fingerprint density at radius 2 is 1.05 bits per heavy atom. The Hall–Kier alpha value is -6.74. The molecule has 2 unspecified atom stereocenters. The molecule has 0 saturated heterocycles. The molecule has 0 amide bonds. The second kappa shape index (κ2) is 13.7. The van der Waals surface area contributed by atoms with Gasteiger partial charge in [-0.15, -0.1) is 11.3 Å². The minimum atomic E-state index is -0.458. The minimum Gasteiger partial charge on any atom is -0.310 e. The van der Waals surface area contributed by atoms with Crippen molar-refractivity contribution < 1.29 is 0 Å². The smallest absolute Gasteiger partial charge is 0.0555 e. The van der Waals surface area contributed by atoms with Gasteiger partial charge in [0.05, 0.1) is 5.41 Å². The van der Waals surface area contributed by atoms with E-state index in [0.29, 0.717) is 0 Å². The van der Waals surface area contributed by atoms with Gasteiger partial charge in [-0.2, -0.15) is 0 Å². The predicted molar refractivity (Wildman–Crippen MR) is 248 cm³/mol. The lowest BCUT2D eigenvalue weighted by atomic mass is 9.54. The average molecular weight is 760 g/mol. The van der Waals surface area contributed by atoms with Crippen LogP contribution in [0.5, 0.6) is 0 Å². The Bertz CT molecular complexity index is 2930. The number of thiophene rings is 1. The summed E-state index contributed by atoms with van der Waals surface area (Å²) in [6.07, 6.45) is 10.2. The van der Waals surface area contributed by atoms with Crippen LogP contribution in [0.25, 0.3) is 53.6 Å². The van der Waals surface area contributed by atoms with Crippen LogP contribution in [-0.4, -0.2) is 0 Å². The van der Waals surface area contributed by atoms with Crippen molar-refractivity contribution >= 4 is 48.6 Å². The fraction of sp³-hybridized carbons (Fsp3) is 0.0714. The Labute approximate surface area is 344 Å². The van der Waals surface area contributed by atoms with E-state index < -0.39 is 5.41 Å². The third-order valence-corrected chi connectivity index (χ3v) is 13.9. The van der Waals surface area contributed by atoms with E-state index in [1.165, 1.54) is 70.2 Å². The van der Waals surface area contributed by atoms with Crippen LogP contribution in [0.4, 0.5) is 17.1 Å². The zero-order chi connectivity index (χ0) is 38.7. The van der Waals surface area contributed by atoms with Gasteiger partial charge in [0, 0.05) is 48.2 Å². The highest BCUT2D eigenvalue weighted by Crippen LogP contribution is 2.65. The summed E-state index contributed by atoms with van der Waals surface area (Å²) in [4.78, 5) is 2.44. The van der Waals surface area contributed by atoms with Gasteiger partial charge in [0.15, 0.2) is 0 Å². The molecule has 1 heterocycles. The van der Waals surface area contributed by atoms with Gasteiger partial charge in [-0.1, -0.05) is 183 Å². The van der Waals surface area contributed by atoms with Crippen molar-refractivity contribution in [1.29, 1.82) is 0 Å². The Kier molecular flexibility index (Phi) is 8.17. The van der Waals surface area contributed by atoms with Crippen LogP contribution in [0, 0.1) is 5.41 Å². The van der Waals surface area contributed by atoms with E-state index in [-0.39, 0.29) is 5.41 Å². The molecule has 0 saturated carbocycles. The molecule has 1 aromatic heterocycles. The van der Waals surface area contributed by atoms with E-state index >= 15 is 0 Å². The van der Waals surface area contributed by atoms with Gasteiger partial charge in [0.2, 0.25) is 0 Å². The van der Waals surface area contributed by atoms with Crippen molar-refractivity contribution in [2.45, 2.75) is 18.8 Å². The number of hydrogen-bond donors (Lipinski definition) is 0. The maximum atomic E-state index is 2.52. The molecule has 1 nitrogen and oxygen atoms in total. The normalized spacial score (nSPS) is 18.0. The van der Waals surface area contributed by atoms with Gasteiger partial charge < -0.3 is 4.90 Å². The molecular formula is C56H41NS. The Morgan fingerprint density at radius 3 is 1.67 bits per heavy atom. The summed E-state index contributed by atoms with van der Waals surface area (Å²) in [5, 5.41) is 2.66. The molecule has 0 fully saturated rings. The van der Waals surface area contributed by atoms with Crippen LogP contribution < -0.4 is 4.90 Å². The van der Waals surface area contributed by atoms with Gasteiger partial charge in [-0.3, -0.25) is 0 Å². The van der Waals surface area contributed by atoms with Crippen LogP contribution in [0.15, 0.2) is 218 Å². The lowest BCUT2D eigenvalue weighted by Gasteiger charge is -2.48. The number of allylic oxidation sites excluding steroid dienone is 4. The molecule has 2 heteroatoms. The maximum Gasteiger partial charge on any atom is 0.0555 e. The van der Waals surface area contributed by atoms with E-state index in [0.717, 1.165) is 23.5 Å². The molecule has 8 aromatic carbocycles. The molecule has 9 aromatic rings. The lowest BCUT2D eigenvalue weighted by Crippen LogP contribution is -2.43. The van der Waals surface area contributed by atoms with Crippen molar-refractivity contribution in [3.8, 4) is 33.4 Å². The van der Waals surface area contributed by atoms with Crippen molar-refractivity contribution in [2.24, 2.45) is 5.41 Å². The third kappa shape index (κ3) is 5.29. The standard InChI is InChI=1S/C56H41NS/c1-55(36-14-5-15-37-55)56(43-20-10-4-11-21-43)50-35-34-48-47-22-12-13-23-52(47)58-54(48)53(50)49-33-32-46(38-51(49)56)57(44-28-24-41(25-29-44)39-16-6-2-7-17-39)45-30-26-42(27-31-45)40-18-8-3-9-19-40/h2-36,38H,37H2,1H3. The molecule has 0 N–H and O–H groups in total. The summed E-state index contributed by atoms with van der Waals surface area (Å²) < 4.78 is 2.70. The first-order valence-electron chi connectivity index (χ1n) is 20.2. The molecule has 11 rings (SSSR count). The fourth-order valence-electron chi connectivity index (χ4n) is 9.98. The molecule has 276 valence electrons. The largest absolute Gasteiger partial charge is 0.310 e. The van der Waals surface area contributed by atoms with Crippen LogP contribution in [0.2, 0.25) is 0 Å². The quantitative estimate of drug-likeness (QED) is 0.156. The molecule has 0 bridgehead atoms. The Balaban J connectivity index is 1.17. The number of nitrogens with zero attached hydrogens (tertiary/aromatic N) is 1. The predicted octanol–water partition coefficient (Wildman–Crippen LogP) is 15.7. The van der Waals surface area contributed by atoms with Crippen LogP contribution in [-0.2, 0) is 5.41 Å². The highest BCUT2D eigenvalue weighted by atomic mass is 32.1. The zero-order valence-corrected chi connectivity index (χ0v) is 33.2. The first-order chi connectivity index (χ1) is 28.6. The van der Waals surface area contributed by atoms with Gasteiger partial charge in [0.1, 0.15) is 0 Å². The summed E-state index contributed by atoms with van der Waals surface area (Å²) in [5.41, 5.74) is 14.3. The second-order valence-electron chi connectivity index (χ2n) is 15.9. The Morgan fingerprint density at radius 1 is 0.483 bits per heavy atom. The van der Waals surface area contributed by atoms with Gasteiger partial charge >= 0.3 is 0 Å². The zero-order valence-electron chi connectivity index (χ0n) is 32.3. The van der Waals surface area contributed by atoms with Gasteiger partial charge in [0.25, 0.3) is 0 Å². The molecule has 2 aliphatic carbocycles. The topological polar surface area (TPSA) is 3.24 Å². The molecule has 0 radical (unpaired) electrons. The average Bonchev–Trinajstić information content (AvgIpc) is 3.82. The molecular weight excluding hydrogens is 719 g/mol. The summed E-state index contributed by atoms with van der Waals surface area (Å²) in [6.45, 7) is 2.48. The lowest BCUT2D eigenvalue weighted by molar-refractivity contribution is 0.293. The fourth-order valence-corrected chi connectivity index (χ4v) is 11.2. The van der Waals surface area contributed by atoms with Crippen LogP contribution >= 0.6 is 11.3 Å². The molecule has 58 heavy (non-hydrogen) atoms. The first kappa shape index (κ1) is 34.5. The highest BCUT2D eigenvalue weighted by molar-refractivity contribution is 7.26. The third-order valence-electron chi connectivity index (χ3n) is 12.7. The van der Waals surface area contributed by atoms with Crippen LogP contribution in [0.1, 0.15) is 30.0 Å². The molecule has 2 atom stereocenters. The van der Waals surface area contributed by atoms with Crippen molar-refractivity contribution in [2.75, 3.05) is 4.90 Å². The van der Waals surface area contributed by atoms with Crippen molar-refractivity contribution in [3.05, 3.63) is 235 Å². The molecule has 0 spiro atoms. The van der Waals surface area contributed by atoms with Crippen molar-refractivity contribution in [3.63, 3.8) is 0 Å². The van der Waals surface area contributed by atoms with Gasteiger partial charge in [-0.05, 0) is 93.4 Å². The van der Waals surface area contributed by atoms with E-state index in [1.54, 1.807) is 0 Å². The monoisotopic (exact) mass is 759 g/mol.